The van der Waals surface area contributed by atoms with Gasteiger partial charge in [0.2, 0.25) is 5.70 Å². The van der Waals surface area contributed by atoms with Gasteiger partial charge in [-0.2, -0.15) is 0 Å². The predicted octanol–water partition coefficient (Wildman–Crippen LogP) is 8.30. The molecule has 0 unspecified atom stereocenters. The van der Waals surface area contributed by atoms with Gasteiger partial charge in [-0.05, 0) is 84.7 Å². The number of hydrogen-bond donors (Lipinski definition) is 0. The van der Waals surface area contributed by atoms with Crippen molar-refractivity contribution in [2.24, 2.45) is 50.2 Å². The summed E-state index contributed by atoms with van der Waals surface area (Å²) in [6, 6.07) is 9.83. The van der Waals surface area contributed by atoms with Gasteiger partial charge in [-0.3, -0.25) is 9.59 Å². The lowest BCUT2D eigenvalue weighted by atomic mass is 9.34. The third-order valence-electron chi connectivity index (χ3n) is 13.5. The van der Waals surface area contributed by atoms with Crippen LogP contribution in [0.1, 0.15) is 99.0 Å². The number of Topliss-reactive ketones (excluding diaryl/α,β-unsaturated/α-hetero) is 1. The molecular weight excluding hydrogens is 534 g/mol. The molecule has 5 nitrogen and oxygen atoms in total. The van der Waals surface area contributed by atoms with E-state index in [1.807, 2.05) is 56.3 Å². The normalized spacial score (nSPS) is 40.8. The van der Waals surface area contributed by atoms with Crippen LogP contribution in [0.3, 0.4) is 0 Å². The Kier molecular flexibility index (Phi) is 6.64. The van der Waals surface area contributed by atoms with Crippen molar-refractivity contribution in [3.05, 3.63) is 70.7 Å². The molecule has 0 saturated heterocycles. The van der Waals surface area contributed by atoms with Crippen molar-refractivity contribution in [1.29, 1.82) is 0 Å². The number of benzene rings is 1. The predicted molar refractivity (Wildman–Crippen MR) is 166 cm³/mol. The number of nitrogens with zero attached hydrogens (tertiary/aromatic N) is 1. The second kappa shape index (κ2) is 9.50. The number of hydrogen-bond acceptors (Lipinski definition) is 4. The molecule has 228 valence electrons. The molecule has 7 atom stereocenters. The summed E-state index contributed by atoms with van der Waals surface area (Å²) in [4.78, 5) is 45.8. The van der Waals surface area contributed by atoms with Crippen LogP contribution in [0, 0.1) is 56.8 Å². The highest BCUT2D eigenvalue weighted by atomic mass is 16.5. The quantitative estimate of drug-likeness (QED) is 0.266. The molecule has 3 fully saturated rings. The third kappa shape index (κ3) is 4.04. The summed E-state index contributed by atoms with van der Waals surface area (Å²) in [6.45, 7) is 23.4. The summed E-state index contributed by atoms with van der Waals surface area (Å²) < 4.78 is 6.09. The number of allylic oxidation sites excluding steroid dienone is 4. The molecule has 3 saturated carbocycles. The van der Waals surface area contributed by atoms with E-state index in [0.29, 0.717) is 0 Å². The molecule has 0 bridgehead atoms. The van der Waals surface area contributed by atoms with E-state index in [2.05, 4.69) is 39.5 Å². The van der Waals surface area contributed by atoms with Gasteiger partial charge in [0.05, 0.1) is 12.0 Å². The summed E-state index contributed by atoms with van der Waals surface area (Å²) in [5.41, 5.74) is -0.236. The van der Waals surface area contributed by atoms with Crippen molar-refractivity contribution in [3.63, 3.8) is 0 Å². The van der Waals surface area contributed by atoms with Crippen LogP contribution in [-0.2, 0) is 25.7 Å². The van der Waals surface area contributed by atoms with E-state index < -0.39 is 16.2 Å². The summed E-state index contributed by atoms with van der Waals surface area (Å²) >= 11 is 0. The van der Waals surface area contributed by atoms with Gasteiger partial charge in [0.1, 0.15) is 6.61 Å². The van der Waals surface area contributed by atoms with Gasteiger partial charge in [0.15, 0.2) is 11.6 Å². The molecule has 0 amide bonds. The fourth-order valence-electron chi connectivity index (χ4n) is 10.8. The number of rotatable bonds is 3. The Morgan fingerprint density at radius 1 is 0.953 bits per heavy atom. The van der Waals surface area contributed by atoms with Gasteiger partial charge in [0, 0.05) is 16.7 Å². The number of ketones is 2. The lowest BCUT2D eigenvalue weighted by molar-refractivity contribution is -0.194. The van der Waals surface area contributed by atoms with E-state index in [-0.39, 0.29) is 63.8 Å². The second-order valence-corrected chi connectivity index (χ2v) is 16.4. The van der Waals surface area contributed by atoms with Gasteiger partial charge in [-0.15, -0.1) is 0 Å². The van der Waals surface area contributed by atoms with Crippen LogP contribution in [0.4, 0.5) is 0 Å². The van der Waals surface area contributed by atoms with Crippen LogP contribution in [0.15, 0.2) is 53.8 Å². The highest BCUT2D eigenvalue weighted by Crippen LogP contribution is 2.74. The number of ether oxygens (including phenoxy) is 1. The molecule has 1 aromatic rings. The molecule has 0 N–H and O–H groups in total. The Labute approximate surface area is 257 Å². The zero-order valence-electron chi connectivity index (χ0n) is 27.0. The average Bonchev–Trinajstić information content (AvgIpc) is 2.95. The highest BCUT2D eigenvalue weighted by Gasteiger charge is 2.71. The van der Waals surface area contributed by atoms with Gasteiger partial charge in [-0.1, -0.05) is 90.4 Å². The summed E-state index contributed by atoms with van der Waals surface area (Å²) in [6.07, 6.45) is 9.56. The van der Waals surface area contributed by atoms with Gasteiger partial charge in [-0.25, -0.2) is 4.85 Å². The zero-order valence-corrected chi connectivity index (χ0v) is 27.0. The highest BCUT2D eigenvalue weighted by molar-refractivity contribution is 6.03. The Morgan fingerprint density at radius 2 is 1.63 bits per heavy atom. The third-order valence-corrected chi connectivity index (χ3v) is 13.5. The maximum atomic E-state index is 14.7. The molecule has 6 rings (SSSR count). The first kappa shape index (κ1) is 30.0. The van der Waals surface area contributed by atoms with Crippen LogP contribution in [0.25, 0.3) is 4.85 Å². The molecule has 5 aliphatic rings. The average molecular weight is 582 g/mol. The molecule has 5 heteroatoms. The minimum atomic E-state index is -0.677. The van der Waals surface area contributed by atoms with Crippen LogP contribution < -0.4 is 0 Å². The van der Waals surface area contributed by atoms with Crippen LogP contribution in [-0.4, -0.2) is 17.5 Å². The van der Waals surface area contributed by atoms with E-state index in [0.717, 1.165) is 56.1 Å². The molecule has 0 aromatic heterocycles. The van der Waals surface area contributed by atoms with Gasteiger partial charge in [0.25, 0.3) is 0 Å². The Bertz CT molecular complexity index is 1490. The number of esters is 1. The SMILES string of the molecule is [C-]#[N+]C1=C[C@]2(C)C3=CC(=O)[C@@H]4[C@@H]5CC(C)(C)CC[C@]5(C(=O)OCc5ccccc5)CC[C@@]4(C)[C@]3(C)CC[C@H]2C(C)(C)C1=O. The minimum absolute atomic E-state index is 0.0227. The van der Waals surface area contributed by atoms with E-state index in [9.17, 15) is 14.4 Å². The molecular formula is C38H47NO4. The van der Waals surface area contributed by atoms with Gasteiger partial charge >= 0.3 is 5.97 Å². The first-order valence-electron chi connectivity index (χ1n) is 16.2. The molecule has 43 heavy (non-hydrogen) atoms. The van der Waals surface area contributed by atoms with Crippen molar-refractivity contribution in [3.8, 4) is 0 Å². The molecule has 0 spiro atoms. The molecule has 0 aliphatic heterocycles. The first-order chi connectivity index (χ1) is 20.1. The van der Waals surface area contributed by atoms with E-state index in [1.165, 1.54) is 0 Å². The van der Waals surface area contributed by atoms with Gasteiger partial charge < -0.3 is 9.53 Å². The maximum Gasteiger partial charge on any atom is 0.312 e. The van der Waals surface area contributed by atoms with E-state index in [1.54, 1.807) is 0 Å². The van der Waals surface area contributed by atoms with Crippen molar-refractivity contribution < 1.29 is 19.1 Å². The topological polar surface area (TPSA) is 64.8 Å². The van der Waals surface area contributed by atoms with Crippen LogP contribution in [0.5, 0.6) is 0 Å². The summed E-state index contributed by atoms with van der Waals surface area (Å²) in [7, 11) is 0. The second-order valence-electron chi connectivity index (χ2n) is 16.4. The number of fused-ring (bicyclic) bond motifs is 7. The van der Waals surface area contributed by atoms with E-state index in [4.69, 9.17) is 11.3 Å². The minimum Gasteiger partial charge on any atom is -0.460 e. The first-order valence-corrected chi connectivity index (χ1v) is 16.2. The van der Waals surface area contributed by atoms with Crippen molar-refractivity contribution in [1.82, 2.24) is 0 Å². The summed E-state index contributed by atoms with van der Waals surface area (Å²) in [5, 5.41) is 0. The Balaban J connectivity index is 1.44. The largest absolute Gasteiger partial charge is 0.460 e. The fraction of sp³-hybridized carbons (Fsp3) is 0.632. The fourth-order valence-corrected chi connectivity index (χ4v) is 10.8. The lowest BCUT2D eigenvalue weighted by Crippen LogP contribution is -2.65. The Hall–Kier alpha value is -3.00. The van der Waals surface area contributed by atoms with Crippen molar-refractivity contribution in [2.45, 2.75) is 100 Å². The van der Waals surface area contributed by atoms with Crippen LogP contribution in [0.2, 0.25) is 0 Å². The van der Waals surface area contributed by atoms with Crippen molar-refractivity contribution >= 4 is 17.5 Å². The molecule has 0 heterocycles. The maximum absolute atomic E-state index is 14.7. The lowest BCUT2D eigenvalue weighted by Gasteiger charge is -2.68. The monoisotopic (exact) mass is 581 g/mol. The number of carbonyl (C=O) groups is 3. The molecule has 5 aliphatic carbocycles. The zero-order chi connectivity index (χ0) is 31.2. The number of carbonyl (C=O) groups excluding carboxylic acids is 3. The Morgan fingerprint density at radius 3 is 2.30 bits per heavy atom. The van der Waals surface area contributed by atoms with Crippen LogP contribution >= 0.6 is 0 Å². The van der Waals surface area contributed by atoms with Crippen molar-refractivity contribution in [2.75, 3.05) is 0 Å². The standard InChI is InChI=1S/C38H47NO4/c1-33(2)16-18-38(32(42)43-23-24-12-10-9-11-13-24)19-17-37(7)30(25(38)21-33)27(40)20-29-35(5)22-26(39-8)31(41)34(3,4)28(35)14-15-36(29,37)6/h9-13,20,22,25,28,30H,14-19,21,23H2,1-7H3/t25-,28-,30-,35-,36+,37+,38-/m0/s1. The smallest absolute Gasteiger partial charge is 0.312 e. The van der Waals surface area contributed by atoms with E-state index >= 15 is 0 Å². The molecule has 0 radical (unpaired) electrons. The molecule has 1 aromatic carbocycles. The summed E-state index contributed by atoms with van der Waals surface area (Å²) in [5.74, 6) is -0.450.